The molecule has 2 bridgehead atoms. The number of ether oxygens (including phenoxy) is 1. The molecule has 3 aliphatic rings. The van der Waals surface area contributed by atoms with Crippen LogP contribution in [0.4, 0.5) is 17.5 Å². The molecule has 0 radical (unpaired) electrons. The van der Waals surface area contributed by atoms with E-state index in [-0.39, 0.29) is 0 Å². The first kappa shape index (κ1) is 19.2. The van der Waals surface area contributed by atoms with E-state index in [1.165, 1.54) is 12.8 Å². The summed E-state index contributed by atoms with van der Waals surface area (Å²) in [6.45, 7) is 3.64. The van der Waals surface area contributed by atoms with Crippen LogP contribution in [0.25, 0.3) is 0 Å². The number of nitrogens with zero attached hydrogens (tertiary/aromatic N) is 4. The van der Waals surface area contributed by atoms with Crippen molar-refractivity contribution in [2.45, 2.75) is 70.0 Å². The van der Waals surface area contributed by atoms with Gasteiger partial charge in [-0.15, -0.1) is 0 Å². The van der Waals surface area contributed by atoms with Gasteiger partial charge in [-0.3, -0.25) is 10.00 Å². The molecule has 0 aromatic carbocycles. The van der Waals surface area contributed by atoms with E-state index in [1.807, 2.05) is 13.0 Å². The molecular weight excluding hydrogens is 378 g/mol. The molecule has 0 aliphatic carbocycles. The third-order valence-corrected chi connectivity index (χ3v) is 6.58. The number of anilines is 3. The molecule has 5 rings (SSSR count). The summed E-state index contributed by atoms with van der Waals surface area (Å²) in [6.07, 6.45) is 7.25. The molecule has 2 unspecified atom stereocenters. The average Bonchev–Trinajstić information content (AvgIpc) is 3.25. The number of aromatic nitrogens is 3. The zero-order chi connectivity index (χ0) is 20.5. The van der Waals surface area contributed by atoms with Crippen molar-refractivity contribution in [1.29, 1.82) is 5.26 Å². The van der Waals surface area contributed by atoms with Crippen LogP contribution in [0.1, 0.15) is 49.8 Å². The van der Waals surface area contributed by atoms with E-state index in [0.29, 0.717) is 24.5 Å². The Hall–Kier alpha value is -2.79. The highest BCUT2D eigenvalue weighted by Gasteiger charge is 2.40. The molecule has 0 spiro atoms. The van der Waals surface area contributed by atoms with Gasteiger partial charge >= 0.3 is 0 Å². The summed E-state index contributed by atoms with van der Waals surface area (Å²) in [7, 11) is 0. The molecule has 0 amide bonds. The Bertz CT molecular complexity index is 935. The summed E-state index contributed by atoms with van der Waals surface area (Å²) >= 11 is 0. The summed E-state index contributed by atoms with van der Waals surface area (Å²) in [5.74, 6) is 3.38. The van der Waals surface area contributed by atoms with Crippen LogP contribution in [-0.4, -0.2) is 51.4 Å². The first-order valence-electron chi connectivity index (χ1n) is 11.0. The van der Waals surface area contributed by atoms with Crippen molar-refractivity contribution in [2.24, 2.45) is 0 Å². The van der Waals surface area contributed by atoms with Crippen LogP contribution < -0.4 is 15.4 Å². The minimum atomic E-state index is 0.399. The van der Waals surface area contributed by atoms with Crippen LogP contribution in [-0.2, 0) is 6.42 Å². The van der Waals surface area contributed by atoms with Crippen LogP contribution in [0.2, 0.25) is 0 Å². The summed E-state index contributed by atoms with van der Waals surface area (Å²) < 4.78 is 5.97. The van der Waals surface area contributed by atoms with E-state index >= 15 is 0 Å². The number of fused-ring (bicyclic) bond motifs is 3. The van der Waals surface area contributed by atoms with Crippen molar-refractivity contribution in [3.8, 4) is 11.8 Å². The van der Waals surface area contributed by atoms with Gasteiger partial charge in [-0.1, -0.05) is 0 Å². The fraction of sp³-hybridized carbons (Fsp3) is 0.591. The van der Waals surface area contributed by atoms with Crippen LogP contribution in [0.5, 0.6) is 5.75 Å². The molecule has 30 heavy (non-hydrogen) atoms. The number of H-pyrrole nitrogens is 1. The first-order chi connectivity index (χ1) is 14.7. The summed E-state index contributed by atoms with van der Waals surface area (Å²) in [5.41, 5.74) is 2.13. The third kappa shape index (κ3) is 3.82. The number of hydrogen-bond acceptors (Lipinski definition) is 7. The zero-order valence-corrected chi connectivity index (χ0v) is 17.4. The standard InChI is InChI=1S/C22H29N7O/c1-14-10-21(28-27-14)26-22-18-4-2-9-30-19(18)13-20(25-22)24-15-11-16-5-6-17(12-15)29(16)8-3-7-23/h10,13,15-17H,2-6,8-9,11-12H2,1H3,(H3,24,25,26,27,28)/t15?,16-,17?/m0/s1. The lowest BCUT2D eigenvalue weighted by molar-refractivity contribution is 0.135. The second-order valence-corrected chi connectivity index (χ2v) is 8.69. The van der Waals surface area contributed by atoms with Gasteiger partial charge in [0.2, 0.25) is 0 Å². The molecule has 8 nitrogen and oxygen atoms in total. The molecule has 3 atom stereocenters. The molecule has 2 aromatic heterocycles. The van der Waals surface area contributed by atoms with E-state index in [0.717, 1.165) is 73.3 Å². The second-order valence-electron chi connectivity index (χ2n) is 8.69. The van der Waals surface area contributed by atoms with Crippen molar-refractivity contribution in [2.75, 3.05) is 23.8 Å². The van der Waals surface area contributed by atoms with Crippen molar-refractivity contribution < 1.29 is 4.74 Å². The fourth-order valence-electron chi connectivity index (χ4n) is 5.28. The Balaban J connectivity index is 1.34. The van der Waals surface area contributed by atoms with Gasteiger partial charge in [-0.25, -0.2) is 4.98 Å². The Morgan fingerprint density at radius 2 is 2.10 bits per heavy atom. The molecule has 3 N–H and O–H groups in total. The van der Waals surface area contributed by atoms with Crippen LogP contribution in [0.15, 0.2) is 12.1 Å². The van der Waals surface area contributed by atoms with Crippen molar-refractivity contribution >= 4 is 17.5 Å². The molecule has 8 heteroatoms. The van der Waals surface area contributed by atoms with Gasteiger partial charge in [-0.2, -0.15) is 10.4 Å². The van der Waals surface area contributed by atoms with Gasteiger partial charge in [0.25, 0.3) is 0 Å². The highest BCUT2D eigenvalue weighted by Crippen LogP contribution is 2.38. The van der Waals surface area contributed by atoms with Crippen LogP contribution in [0, 0.1) is 18.3 Å². The van der Waals surface area contributed by atoms with E-state index in [4.69, 9.17) is 15.0 Å². The monoisotopic (exact) mass is 407 g/mol. The van der Waals surface area contributed by atoms with Gasteiger partial charge in [0.15, 0.2) is 5.82 Å². The predicted molar refractivity (Wildman–Crippen MR) is 115 cm³/mol. The Morgan fingerprint density at radius 1 is 1.27 bits per heavy atom. The van der Waals surface area contributed by atoms with Crippen LogP contribution >= 0.6 is 0 Å². The maximum Gasteiger partial charge on any atom is 0.153 e. The summed E-state index contributed by atoms with van der Waals surface area (Å²) in [4.78, 5) is 7.46. The maximum atomic E-state index is 8.95. The highest BCUT2D eigenvalue weighted by molar-refractivity contribution is 5.64. The molecule has 2 fully saturated rings. The average molecular weight is 408 g/mol. The number of aryl methyl sites for hydroxylation is 1. The molecule has 5 heterocycles. The number of rotatable bonds is 6. The number of nitrogens with one attached hydrogen (secondary N) is 3. The predicted octanol–water partition coefficient (Wildman–Crippen LogP) is 3.50. The fourth-order valence-corrected chi connectivity index (χ4v) is 5.28. The minimum Gasteiger partial charge on any atom is -0.493 e. The normalized spacial score (nSPS) is 25.3. The van der Waals surface area contributed by atoms with E-state index in [1.54, 1.807) is 0 Å². The number of aromatic amines is 1. The van der Waals surface area contributed by atoms with E-state index in [9.17, 15) is 0 Å². The smallest absolute Gasteiger partial charge is 0.153 e. The van der Waals surface area contributed by atoms with Crippen LogP contribution in [0.3, 0.4) is 0 Å². The molecule has 0 saturated carbocycles. The number of piperidine rings is 1. The molecule has 2 aromatic rings. The van der Waals surface area contributed by atoms with Crippen molar-refractivity contribution in [1.82, 2.24) is 20.1 Å². The molecular formula is C22H29N7O. The van der Waals surface area contributed by atoms with E-state index in [2.05, 4.69) is 37.9 Å². The van der Waals surface area contributed by atoms with Gasteiger partial charge in [0.05, 0.1) is 12.7 Å². The molecule has 2 saturated heterocycles. The lowest BCUT2D eigenvalue weighted by atomic mass is 9.97. The van der Waals surface area contributed by atoms with Crippen molar-refractivity contribution in [3.05, 3.63) is 23.4 Å². The zero-order valence-electron chi connectivity index (χ0n) is 17.4. The highest BCUT2D eigenvalue weighted by atomic mass is 16.5. The third-order valence-electron chi connectivity index (χ3n) is 6.58. The Labute approximate surface area is 177 Å². The van der Waals surface area contributed by atoms with Crippen molar-refractivity contribution in [3.63, 3.8) is 0 Å². The lowest BCUT2D eigenvalue weighted by Crippen LogP contribution is -2.47. The number of nitriles is 1. The molecule has 3 aliphatic heterocycles. The lowest BCUT2D eigenvalue weighted by Gasteiger charge is -2.39. The van der Waals surface area contributed by atoms with Gasteiger partial charge in [0, 0.05) is 54.5 Å². The summed E-state index contributed by atoms with van der Waals surface area (Å²) in [5, 5.41) is 23.3. The minimum absolute atomic E-state index is 0.399. The quantitative estimate of drug-likeness (QED) is 0.673. The Kier molecular flexibility index (Phi) is 5.21. The van der Waals surface area contributed by atoms with E-state index < -0.39 is 0 Å². The summed E-state index contributed by atoms with van der Waals surface area (Å²) in [6, 6.07) is 7.88. The molecule has 158 valence electrons. The first-order valence-corrected chi connectivity index (χ1v) is 11.0. The van der Waals surface area contributed by atoms with Gasteiger partial charge in [-0.05, 0) is 45.4 Å². The topological polar surface area (TPSA) is 102 Å². The number of pyridine rings is 1. The maximum absolute atomic E-state index is 8.95. The Morgan fingerprint density at radius 3 is 2.83 bits per heavy atom. The van der Waals surface area contributed by atoms with Gasteiger partial charge in [0.1, 0.15) is 17.4 Å². The number of hydrogen-bond donors (Lipinski definition) is 3. The SMILES string of the molecule is Cc1cc(Nc2nc(NC3CC4CC[C@@H](C3)N4CCC#N)cc3c2CCCO3)n[nH]1. The van der Waals surface area contributed by atoms with Gasteiger partial charge < -0.3 is 15.4 Å². The largest absolute Gasteiger partial charge is 0.493 e. The second kappa shape index (κ2) is 8.15.